The van der Waals surface area contributed by atoms with Gasteiger partial charge in [0.1, 0.15) is 0 Å². The van der Waals surface area contributed by atoms with Crippen molar-refractivity contribution in [2.24, 2.45) is 5.41 Å². The number of hydrogen-bond acceptors (Lipinski definition) is 3. The van der Waals surface area contributed by atoms with Gasteiger partial charge in [-0.15, -0.1) is 0 Å². The molecule has 2 N–H and O–H groups in total. The van der Waals surface area contributed by atoms with Crippen molar-refractivity contribution in [1.82, 2.24) is 5.48 Å². The predicted molar refractivity (Wildman–Crippen MR) is 44.7 cm³/mol. The van der Waals surface area contributed by atoms with Crippen molar-refractivity contribution in [2.75, 3.05) is 19.8 Å². The van der Waals surface area contributed by atoms with Gasteiger partial charge in [0.15, 0.2) is 0 Å². The lowest BCUT2D eigenvalue weighted by atomic mass is 9.95. The Kier molecular flexibility index (Phi) is 5.46. The van der Waals surface area contributed by atoms with Crippen LogP contribution in [0.25, 0.3) is 0 Å². The van der Waals surface area contributed by atoms with Crippen LogP contribution in [0.1, 0.15) is 27.2 Å². The maximum Gasteiger partial charge on any atom is 0.0530 e. The van der Waals surface area contributed by atoms with Crippen LogP contribution in [0.3, 0.4) is 0 Å². The summed E-state index contributed by atoms with van der Waals surface area (Å²) in [7, 11) is 0. The second-order valence-corrected chi connectivity index (χ2v) is 3.55. The van der Waals surface area contributed by atoms with E-state index in [9.17, 15) is 0 Å². The van der Waals surface area contributed by atoms with Gasteiger partial charge >= 0.3 is 0 Å². The van der Waals surface area contributed by atoms with Gasteiger partial charge in [0, 0.05) is 18.6 Å². The number of hydroxylamine groups is 1. The monoisotopic (exact) mass is 161 g/mol. The third-order valence-corrected chi connectivity index (χ3v) is 1.40. The molecule has 0 aliphatic carbocycles. The van der Waals surface area contributed by atoms with Crippen molar-refractivity contribution >= 4 is 0 Å². The fourth-order valence-electron chi connectivity index (χ4n) is 0.758. The minimum Gasteiger partial charge on any atom is -0.381 e. The molecule has 0 aliphatic rings. The molecule has 0 spiro atoms. The summed E-state index contributed by atoms with van der Waals surface area (Å²) < 4.78 is 5.35. The highest BCUT2D eigenvalue weighted by atomic mass is 16.5. The molecule has 0 aromatic carbocycles. The Morgan fingerprint density at radius 1 is 1.45 bits per heavy atom. The van der Waals surface area contributed by atoms with E-state index >= 15 is 0 Å². The maximum atomic E-state index is 8.45. The summed E-state index contributed by atoms with van der Waals surface area (Å²) >= 11 is 0. The van der Waals surface area contributed by atoms with Crippen LogP contribution < -0.4 is 5.48 Å². The van der Waals surface area contributed by atoms with Gasteiger partial charge in [-0.2, -0.15) is 0 Å². The van der Waals surface area contributed by atoms with E-state index in [0.29, 0.717) is 13.2 Å². The Bertz CT molecular complexity index is 94.1. The smallest absolute Gasteiger partial charge is 0.0530 e. The van der Waals surface area contributed by atoms with Gasteiger partial charge in [0.2, 0.25) is 0 Å². The van der Waals surface area contributed by atoms with E-state index in [0.717, 1.165) is 13.0 Å². The summed E-state index contributed by atoms with van der Waals surface area (Å²) in [5, 5.41) is 8.45. The largest absolute Gasteiger partial charge is 0.381 e. The van der Waals surface area contributed by atoms with Crippen molar-refractivity contribution in [1.29, 1.82) is 0 Å². The van der Waals surface area contributed by atoms with E-state index in [-0.39, 0.29) is 5.41 Å². The van der Waals surface area contributed by atoms with Gasteiger partial charge in [-0.1, -0.05) is 20.8 Å². The van der Waals surface area contributed by atoms with Crippen LogP contribution in [-0.4, -0.2) is 25.0 Å². The lowest BCUT2D eigenvalue weighted by Gasteiger charge is -2.22. The molecule has 0 saturated heterocycles. The molecule has 0 aromatic heterocycles. The molecule has 3 nitrogen and oxygen atoms in total. The molecule has 0 rings (SSSR count). The van der Waals surface area contributed by atoms with Crippen molar-refractivity contribution < 1.29 is 9.94 Å². The van der Waals surface area contributed by atoms with Crippen molar-refractivity contribution in [3.63, 3.8) is 0 Å². The molecule has 68 valence electrons. The standard InChI is InChI=1S/C8H19NO2/c1-4-5-11-7-8(2,3)6-9-10/h9-10H,4-7H2,1-3H3. The van der Waals surface area contributed by atoms with Gasteiger partial charge in [-0.3, -0.25) is 0 Å². The van der Waals surface area contributed by atoms with E-state index in [1.807, 2.05) is 13.8 Å². The Hall–Kier alpha value is -0.120. The quantitative estimate of drug-likeness (QED) is 0.457. The summed E-state index contributed by atoms with van der Waals surface area (Å²) in [5.41, 5.74) is 2.17. The summed E-state index contributed by atoms with van der Waals surface area (Å²) in [6.45, 7) is 8.23. The molecule has 0 unspecified atom stereocenters. The summed E-state index contributed by atoms with van der Waals surface area (Å²) in [5.74, 6) is 0. The Balaban J connectivity index is 3.38. The number of ether oxygens (including phenoxy) is 1. The molecule has 0 bridgehead atoms. The summed E-state index contributed by atoms with van der Waals surface area (Å²) in [6.07, 6.45) is 1.04. The maximum absolute atomic E-state index is 8.45. The minimum absolute atomic E-state index is 0.0178. The van der Waals surface area contributed by atoms with Gasteiger partial charge < -0.3 is 9.94 Å². The molecule has 0 amide bonds. The van der Waals surface area contributed by atoms with Crippen LogP contribution in [0.15, 0.2) is 0 Å². The number of hydrogen-bond donors (Lipinski definition) is 2. The first-order chi connectivity index (χ1) is 5.12. The SMILES string of the molecule is CCCOCC(C)(C)CNO. The molecular formula is C8H19NO2. The number of nitrogens with one attached hydrogen (secondary N) is 1. The first-order valence-corrected chi connectivity index (χ1v) is 4.07. The molecular weight excluding hydrogens is 142 g/mol. The molecule has 11 heavy (non-hydrogen) atoms. The van der Waals surface area contributed by atoms with Crippen LogP contribution >= 0.6 is 0 Å². The highest BCUT2D eigenvalue weighted by Crippen LogP contribution is 2.13. The van der Waals surface area contributed by atoms with Gasteiger partial charge in [0.25, 0.3) is 0 Å². The highest BCUT2D eigenvalue weighted by molar-refractivity contribution is 4.68. The minimum atomic E-state index is 0.0178. The Morgan fingerprint density at radius 2 is 2.09 bits per heavy atom. The second kappa shape index (κ2) is 5.52. The highest BCUT2D eigenvalue weighted by Gasteiger charge is 2.16. The van der Waals surface area contributed by atoms with E-state index < -0.39 is 0 Å². The summed E-state index contributed by atoms with van der Waals surface area (Å²) in [6, 6.07) is 0. The third kappa shape index (κ3) is 6.28. The molecule has 0 radical (unpaired) electrons. The second-order valence-electron chi connectivity index (χ2n) is 3.55. The van der Waals surface area contributed by atoms with Crippen LogP contribution in [0.4, 0.5) is 0 Å². The number of rotatable bonds is 6. The molecule has 0 heterocycles. The zero-order valence-corrected chi connectivity index (χ0v) is 7.68. The van der Waals surface area contributed by atoms with E-state index in [1.54, 1.807) is 0 Å². The van der Waals surface area contributed by atoms with Crippen molar-refractivity contribution in [2.45, 2.75) is 27.2 Å². The lowest BCUT2D eigenvalue weighted by Crippen LogP contribution is -2.31. The van der Waals surface area contributed by atoms with E-state index in [2.05, 4.69) is 12.4 Å². The molecule has 3 heteroatoms. The van der Waals surface area contributed by atoms with Gasteiger partial charge in [-0.05, 0) is 6.42 Å². The van der Waals surface area contributed by atoms with Crippen molar-refractivity contribution in [3.8, 4) is 0 Å². The molecule has 0 saturated carbocycles. The third-order valence-electron chi connectivity index (χ3n) is 1.40. The van der Waals surface area contributed by atoms with Gasteiger partial charge in [0.05, 0.1) is 6.61 Å². The normalized spacial score (nSPS) is 12.0. The fraction of sp³-hybridized carbons (Fsp3) is 1.00. The van der Waals surface area contributed by atoms with Gasteiger partial charge in [-0.25, -0.2) is 5.48 Å². The van der Waals surface area contributed by atoms with Crippen LogP contribution in [-0.2, 0) is 4.74 Å². The zero-order chi connectivity index (χ0) is 8.74. The Morgan fingerprint density at radius 3 is 2.55 bits per heavy atom. The van der Waals surface area contributed by atoms with E-state index in [4.69, 9.17) is 9.94 Å². The lowest BCUT2D eigenvalue weighted by molar-refractivity contribution is 0.0365. The fourth-order valence-corrected chi connectivity index (χ4v) is 0.758. The summed E-state index contributed by atoms with van der Waals surface area (Å²) in [4.78, 5) is 0. The first kappa shape index (κ1) is 10.9. The zero-order valence-electron chi connectivity index (χ0n) is 7.68. The van der Waals surface area contributed by atoms with Crippen molar-refractivity contribution in [3.05, 3.63) is 0 Å². The topological polar surface area (TPSA) is 41.5 Å². The van der Waals surface area contributed by atoms with Crippen LogP contribution in [0.5, 0.6) is 0 Å². The molecule has 0 aromatic rings. The van der Waals surface area contributed by atoms with Crippen LogP contribution in [0, 0.1) is 5.41 Å². The van der Waals surface area contributed by atoms with E-state index in [1.165, 1.54) is 0 Å². The molecule has 0 atom stereocenters. The average Bonchev–Trinajstić information content (AvgIpc) is 1.87. The predicted octanol–water partition coefficient (Wildman–Crippen LogP) is 1.42. The molecule has 0 aliphatic heterocycles. The average molecular weight is 161 g/mol. The molecule has 0 fully saturated rings. The first-order valence-electron chi connectivity index (χ1n) is 4.07. The Labute approximate surface area is 68.7 Å². The van der Waals surface area contributed by atoms with Crippen LogP contribution in [0.2, 0.25) is 0 Å².